The van der Waals surface area contributed by atoms with E-state index in [0.29, 0.717) is 30.2 Å². The zero-order valence-electron chi connectivity index (χ0n) is 25.8. The Balaban J connectivity index is 0.000000591. The van der Waals surface area contributed by atoms with Crippen LogP contribution in [0.3, 0.4) is 0 Å². The van der Waals surface area contributed by atoms with Gasteiger partial charge in [0.2, 0.25) is 15.9 Å². The van der Waals surface area contributed by atoms with Crippen molar-refractivity contribution in [2.75, 3.05) is 44.2 Å². The van der Waals surface area contributed by atoms with Crippen LogP contribution in [0.4, 0.5) is 18.9 Å². The molecule has 0 unspecified atom stereocenters. The number of amides is 1. The number of nitrogens with zero attached hydrogens (tertiary/aromatic N) is 5. The standard InChI is InChI=1S/C27H35N5O5S.C2HF3O2/c1-16-7-8-17(2)24(13-16)30-9-11-31(12-10-30)27(33)23-15-32(14-22(23)25-18(3)28-36-20(25)5)38(34,35)26-19(4)29-37-21(26)6;3-2(4,5)1(6)7/h7-8,13,22-23H,9-12,14-15H2,1-6H3;(H,6,7)/t22-,23-;/m1./s1. The van der Waals surface area contributed by atoms with E-state index in [1.807, 2.05) is 18.7 Å². The van der Waals surface area contributed by atoms with Gasteiger partial charge in [-0.15, -0.1) is 0 Å². The van der Waals surface area contributed by atoms with Crippen LogP contribution in [0.2, 0.25) is 0 Å². The highest BCUT2D eigenvalue weighted by atomic mass is 32.2. The number of rotatable bonds is 5. The minimum absolute atomic E-state index is 0.0351. The van der Waals surface area contributed by atoms with Crippen LogP contribution < -0.4 is 4.90 Å². The molecule has 246 valence electrons. The lowest BCUT2D eigenvalue weighted by atomic mass is 9.86. The van der Waals surface area contributed by atoms with Crippen LogP contribution in [0, 0.1) is 47.5 Å². The van der Waals surface area contributed by atoms with Crippen LogP contribution >= 0.6 is 0 Å². The molecule has 0 radical (unpaired) electrons. The van der Waals surface area contributed by atoms with E-state index >= 15 is 0 Å². The third kappa shape index (κ3) is 7.01. The van der Waals surface area contributed by atoms with Crippen molar-refractivity contribution in [2.45, 2.75) is 58.5 Å². The molecule has 45 heavy (non-hydrogen) atoms. The number of carboxylic acid groups (broad SMARTS) is 1. The van der Waals surface area contributed by atoms with Crippen molar-refractivity contribution >= 4 is 27.6 Å². The van der Waals surface area contributed by atoms with Gasteiger partial charge in [0.05, 0.1) is 11.6 Å². The lowest BCUT2D eigenvalue weighted by Crippen LogP contribution is -2.51. The van der Waals surface area contributed by atoms with Crippen molar-refractivity contribution in [2.24, 2.45) is 5.92 Å². The number of piperazine rings is 1. The monoisotopic (exact) mass is 655 g/mol. The summed E-state index contributed by atoms with van der Waals surface area (Å²) in [5, 5.41) is 15.1. The Kier molecular flexibility index (Phi) is 9.68. The van der Waals surface area contributed by atoms with Crippen LogP contribution in [-0.4, -0.2) is 90.4 Å². The summed E-state index contributed by atoms with van der Waals surface area (Å²) in [4.78, 5) is 27.2. The summed E-state index contributed by atoms with van der Waals surface area (Å²) in [6.45, 7) is 13.9. The molecule has 2 aliphatic heterocycles. The third-order valence-corrected chi connectivity index (χ3v) is 10.2. The van der Waals surface area contributed by atoms with E-state index in [1.165, 1.54) is 21.1 Å². The Bertz CT molecular complexity index is 1640. The molecule has 1 amide bonds. The summed E-state index contributed by atoms with van der Waals surface area (Å²) >= 11 is 0. The summed E-state index contributed by atoms with van der Waals surface area (Å²) in [6.07, 6.45) is -5.08. The molecule has 3 aromatic rings. The molecular weight excluding hydrogens is 619 g/mol. The zero-order chi connectivity index (χ0) is 33.4. The largest absolute Gasteiger partial charge is 0.490 e. The predicted molar refractivity (Wildman–Crippen MR) is 155 cm³/mol. The van der Waals surface area contributed by atoms with Crippen molar-refractivity contribution < 1.29 is 45.3 Å². The van der Waals surface area contributed by atoms with Gasteiger partial charge in [-0.05, 0) is 58.7 Å². The average Bonchev–Trinajstić information content (AvgIpc) is 3.66. The van der Waals surface area contributed by atoms with Gasteiger partial charge >= 0.3 is 12.1 Å². The van der Waals surface area contributed by atoms with E-state index in [4.69, 9.17) is 18.9 Å². The second kappa shape index (κ2) is 12.8. The number of alkyl halides is 3. The van der Waals surface area contributed by atoms with Crippen molar-refractivity contribution in [1.82, 2.24) is 19.5 Å². The number of carbonyl (C=O) groups excluding carboxylic acids is 1. The van der Waals surface area contributed by atoms with Crippen molar-refractivity contribution in [3.8, 4) is 0 Å². The van der Waals surface area contributed by atoms with Gasteiger partial charge in [0.1, 0.15) is 16.3 Å². The van der Waals surface area contributed by atoms with Gasteiger partial charge in [-0.25, -0.2) is 13.2 Å². The second-order valence-electron chi connectivity index (χ2n) is 11.3. The number of aromatic nitrogens is 2. The van der Waals surface area contributed by atoms with Gasteiger partial charge in [-0.1, -0.05) is 22.4 Å². The molecule has 1 N–H and O–H groups in total. The molecule has 1 aromatic carbocycles. The maximum absolute atomic E-state index is 14.0. The van der Waals surface area contributed by atoms with E-state index in [1.54, 1.807) is 13.8 Å². The van der Waals surface area contributed by atoms with Gasteiger partial charge in [-0.2, -0.15) is 17.5 Å². The molecule has 2 saturated heterocycles. The number of benzene rings is 1. The molecule has 12 nitrogen and oxygen atoms in total. The molecule has 2 aliphatic rings. The molecule has 0 bridgehead atoms. The second-order valence-corrected chi connectivity index (χ2v) is 13.2. The Morgan fingerprint density at radius 2 is 1.49 bits per heavy atom. The fourth-order valence-corrected chi connectivity index (χ4v) is 7.74. The Hall–Kier alpha value is -3.92. The maximum atomic E-state index is 14.0. The summed E-state index contributed by atoms with van der Waals surface area (Å²) < 4.78 is 71.1. The number of carboxylic acids is 1. The SMILES string of the molecule is Cc1ccc(C)c(N2CCN(C(=O)[C@@H]3CN(S(=O)(=O)c4c(C)noc4C)C[C@H]3c3c(C)noc3C)CC2)c1.O=C(O)C(F)(F)F. The summed E-state index contributed by atoms with van der Waals surface area (Å²) in [5.74, 6) is -2.84. The summed E-state index contributed by atoms with van der Waals surface area (Å²) in [7, 11) is -3.91. The number of aryl methyl sites for hydroxylation is 6. The first-order valence-electron chi connectivity index (χ1n) is 14.2. The van der Waals surface area contributed by atoms with Crippen LogP contribution in [0.25, 0.3) is 0 Å². The molecule has 16 heteroatoms. The number of aliphatic carboxylic acids is 1. The normalized spacial score (nSPS) is 19.4. The lowest BCUT2D eigenvalue weighted by Gasteiger charge is -2.38. The first kappa shape index (κ1) is 34.0. The molecule has 4 heterocycles. The highest BCUT2D eigenvalue weighted by Gasteiger charge is 2.48. The highest BCUT2D eigenvalue weighted by molar-refractivity contribution is 7.89. The molecule has 0 spiro atoms. The Labute approximate surface area is 258 Å². The first-order chi connectivity index (χ1) is 20.9. The van der Waals surface area contributed by atoms with Crippen molar-refractivity contribution in [3.05, 3.63) is 57.8 Å². The van der Waals surface area contributed by atoms with Gasteiger partial charge in [0, 0.05) is 56.4 Å². The minimum Gasteiger partial charge on any atom is -0.475 e. The van der Waals surface area contributed by atoms with Crippen LogP contribution in [0.1, 0.15) is 45.5 Å². The molecule has 0 saturated carbocycles. The minimum atomic E-state index is -5.08. The van der Waals surface area contributed by atoms with E-state index < -0.39 is 28.1 Å². The smallest absolute Gasteiger partial charge is 0.475 e. The van der Waals surface area contributed by atoms with Crippen molar-refractivity contribution in [3.63, 3.8) is 0 Å². The third-order valence-electron chi connectivity index (χ3n) is 8.17. The maximum Gasteiger partial charge on any atom is 0.490 e. The van der Waals surface area contributed by atoms with E-state index in [0.717, 1.165) is 18.7 Å². The number of halogens is 3. The molecule has 2 fully saturated rings. The lowest BCUT2D eigenvalue weighted by molar-refractivity contribution is -0.192. The van der Waals surface area contributed by atoms with Gasteiger partial charge < -0.3 is 24.0 Å². The predicted octanol–water partition coefficient (Wildman–Crippen LogP) is 3.90. The first-order valence-corrected chi connectivity index (χ1v) is 15.6. The molecule has 2 atom stereocenters. The number of hydrogen-bond donors (Lipinski definition) is 1. The number of hydrogen-bond acceptors (Lipinski definition) is 9. The zero-order valence-corrected chi connectivity index (χ0v) is 26.6. The fourth-order valence-electron chi connectivity index (χ4n) is 5.96. The Morgan fingerprint density at radius 3 is 2.00 bits per heavy atom. The van der Waals surface area contributed by atoms with Crippen molar-refractivity contribution in [1.29, 1.82) is 0 Å². The topological polar surface area (TPSA) is 150 Å². The van der Waals surface area contributed by atoms with Gasteiger partial charge in [-0.3, -0.25) is 4.79 Å². The molecule has 5 rings (SSSR count). The van der Waals surface area contributed by atoms with E-state index in [-0.39, 0.29) is 35.6 Å². The van der Waals surface area contributed by atoms with Crippen LogP contribution in [0.5, 0.6) is 0 Å². The van der Waals surface area contributed by atoms with Crippen LogP contribution in [0.15, 0.2) is 32.1 Å². The quantitative estimate of drug-likeness (QED) is 0.429. The summed E-state index contributed by atoms with van der Waals surface area (Å²) in [5.41, 5.74) is 5.43. The number of anilines is 1. The van der Waals surface area contributed by atoms with Gasteiger partial charge in [0.15, 0.2) is 5.76 Å². The number of sulfonamides is 1. The molecular formula is C29H36F3N5O7S. The number of carbonyl (C=O) groups is 2. The average molecular weight is 656 g/mol. The van der Waals surface area contributed by atoms with Gasteiger partial charge in [0.25, 0.3) is 0 Å². The van der Waals surface area contributed by atoms with E-state index in [2.05, 4.69) is 47.3 Å². The highest BCUT2D eigenvalue weighted by Crippen LogP contribution is 2.40. The van der Waals surface area contributed by atoms with Crippen LogP contribution in [-0.2, 0) is 19.6 Å². The van der Waals surface area contributed by atoms with E-state index in [9.17, 15) is 26.4 Å². The molecule has 0 aliphatic carbocycles. The molecule has 2 aromatic heterocycles. The summed E-state index contributed by atoms with van der Waals surface area (Å²) in [6, 6.07) is 6.42. The fraction of sp³-hybridized carbons (Fsp3) is 0.517. The Morgan fingerprint density at radius 1 is 0.911 bits per heavy atom.